The first-order valence-electron chi connectivity index (χ1n) is 5.19. The van der Waals surface area contributed by atoms with Gasteiger partial charge in [0.25, 0.3) is 0 Å². The van der Waals surface area contributed by atoms with Crippen LogP contribution < -0.4 is 5.73 Å². The molecular weight excluding hydrogens is 279 g/mol. The van der Waals surface area contributed by atoms with Crippen LogP contribution in [0.25, 0.3) is 0 Å². The average Bonchev–Trinajstić information content (AvgIpc) is 2.25. The highest BCUT2D eigenvalue weighted by molar-refractivity contribution is 5.52. The van der Waals surface area contributed by atoms with Crippen molar-refractivity contribution in [1.82, 2.24) is 0 Å². The minimum atomic E-state index is -5.30. The molecule has 0 aliphatic rings. The Kier molecular flexibility index (Phi) is 5.23. The van der Waals surface area contributed by atoms with Gasteiger partial charge < -0.3 is 5.73 Å². The van der Waals surface area contributed by atoms with Crippen LogP contribution in [0.2, 0.25) is 0 Å². The molecule has 0 unspecified atom stereocenters. The molecule has 1 aromatic rings. The SMILES string of the molecule is CC.Cc1c(F)c(N)cc(C(F)(F)F)c1C(F)(F)F. The zero-order chi connectivity index (χ0) is 15.6. The third-order valence-electron chi connectivity index (χ3n) is 2.12. The van der Waals surface area contributed by atoms with E-state index in [1.54, 1.807) is 0 Å². The lowest BCUT2D eigenvalue weighted by Gasteiger charge is -2.19. The number of benzene rings is 1. The van der Waals surface area contributed by atoms with Gasteiger partial charge in [-0.3, -0.25) is 0 Å². The summed E-state index contributed by atoms with van der Waals surface area (Å²) in [5.41, 5.74) is -1.27. The van der Waals surface area contributed by atoms with Crippen molar-refractivity contribution in [3.63, 3.8) is 0 Å². The van der Waals surface area contributed by atoms with Crippen LogP contribution in [-0.4, -0.2) is 0 Å². The molecule has 0 saturated heterocycles. The summed E-state index contributed by atoms with van der Waals surface area (Å²) in [6.45, 7) is 4.60. The van der Waals surface area contributed by atoms with E-state index < -0.39 is 40.5 Å². The molecule has 19 heavy (non-hydrogen) atoms. The molecule has 0 atom stereocenters. The van der Waals surface area contributed by atoms with Gasteiger partial charge in [0.05, 0.1) is 16.8 Å². The first-order valence-corrected chi connectivity index (χ1v) is 5.19. The van der Waals surface area contributed by atoms with E-state index in [1.165, 1.54) is 0 Å². The highest BCUT2D eigenvalue weighted by Gasteiger charge is 2.45. The Hall–Kier alpha value is -1.47. The Balaban J connectivity index is 0.00000154. The quantitative estimate of drug-likeness (QED) is 0.540. The predicted molar refractivity (Wildman–Crippen MR) is 56.9 cm³/mol. The normalized spacial score (nSPS) is 11.9. The van der Waals surface area contributed by atoms with Gasteiger partial charge in [0.15, 0.2) is 0 Å². The maximum Gasteiger partial charge on any atom is 0.417 e. The Morgan fingerprint density at radius 3 is 1.68 bits per heavy atom. The summed E-state index contributed by atoms with van der Waals surface area (Å²) in [5, 5.41) is 0. The lowest BCUT2D eigenvalue weighted by molar-refractivity contribution is -0.162. The van der Waals surface area contributed by atoms with E-state index in [4.69, 9.17) is 5.73 Å². The van der Waals surface area contributed by atoms with Gasteiger partial charge in [-0.15, -0.1) is 0 Å². The molecule has 0 spiro atoms. The molecule has 1 rings (SSSR count). The minimum Gasteiger partial charge on any atom is -0.396 e. The number of nitrogens with two attached hydrogens (primary N) is 1. The lowest BCUT2D eigenvalue weighted by Crippen LogP contribution is -2.20. The van der Waals surface area contributed by atoms with Gasteiger partial charge in [-0.25, -0.2) is 4.39 Å². The summed E-state index contributed by atoms with van der Waals surface area (Å²) in [4.78, 5) is 0. The fourth-order valence-corrected chi connectivity index (χ4v) is 1.41. The molecule has 0 amide bonds. The number of hydrogen-bond acceptors (Lipinski definition) is 1. The summed E-state index contributed by atoms with van der Waals surface area (Å²) in [7, 11) is 0. The average molecular weight is 291 g/mol. The molecule has 0 aliphatic heterocycles. The highest BCUT2D eigenvalue weighted by atomic mass is 19.4. The second-order valence-electron chi connectivity index (χ2n) is 3.32. The van der Waals surface area contributed by atoms with E-state index in [2.05, 4.69) is 0 Å². The van der Waals surface area contributed by atoms with Crippen molar-refractivity contribution in [1.29, 1.82) is 0 Å². The maximum absolute atomic E-state index is 13.1. The van der Waals surface area contributed by atoms with Crippen LogP contribution in [0.15, 0.2) is 6.07 Å². The van der Waals surface area contributed by atoms with Crippen molar-refractivity contribution >= 4 is 5.69 Å². The summed E-state index contributed by atoms with van der Waals surface area (Å²) < 4.78 is 87.6. The van der Waals surface area contributed by atoms with Crippen LogP contribution >= 0.6 is 0 Å². The number of halogens is 7. The molecule has 110 valence electrons. The Morgan fingerprint density at radius 2 is 1.37 bits per heavy atom. The monoisotopic (exact) mass is 291 g/mol. The van der Waals surface area contributed by atoms with Crippen molar-refractivity contribution < 1.29 is 30.7 Å². The molecule has 0 fully saturated rings. The maximum atomic E-state index is 13.1. The molecule has 1 aromatic carbocycles. The van der Waals surface area contributed by atoms with Gasteiger partial charge in [-0.05, 0) is 18.6 Å². The molecule has 0 heterocycles. The Bertz CT molecular complexity index is 446. The number of alkyl halides is 6. The van der Waals surface area contributed by atoms with E-state index in [0.717, 1.165) is 0 Å². The third-order valence-corrected chi connectivity index (χ3v) is 2.12. The summed E-state index contributed by atoms with van der Waals surface area (Å²) in [6, 6.07) is -0.0504. The van der Waals surface area contributed by atoms with Gasteiger partial charge in [0.1, 0.15) is 5.82 Å². The third kappa shape index (κ3) is 3.74. The largest absolute Gasteiger partial charge is 0.417 e. The Labute approximate surface area is 105 Å². The molecular formula is C11H12F7N. The van der Waals surface area contributed by atoms with Crippen molar-refractivity contribution in [3.8, 4) is 0 Å². The predicted octanol–water partition coefficient (Wildman–Crippen LogP) is 4.78. The second-order valence-corrected chi connectivity index (χ2v) is 3.32. The van der Waals surface area contributed by atoms with Crippen molar-refractivity contribution in [2.75, 3.05) is 5.73 Å². The van der Waals surface area contributed by atoms with Gasteiger partial charge in [0.2, 0.25) is 0 Å². The fourth-order valence-electron chi connectivity index (χ4n) is 1.41. The molecule has 2 N–H and O–H groups in total. The number of nitrogen functional groups attached to an aromatic ring is 1. The summed E-state index contributed by atoms with van der Waals surface area (Å²) in [6.07, 6.45) is -10.6. The number of rotatable bonds is 0. The Morgan fingerprint density at radius 1 is 0.947 bits per heavy atom. The summed E-state index contributed by atoms with van der Waals surface area (Å²) in [5.74, 6) is -1.50. The molecule has 8 heteroatoms. The molecule has 1 nitrogen and oxygen atoms in total. The molecule has 0 radical (unpaired) electrons. The van der Waals surface area contributed by atoms with Crippen molar-refractivity contribution in [2.45, 2.75) is 33.1 Å². The van der Waals surface area contributed by atoms with E-state index in [-0.39, 0.29) is 6.07 Å². The topological polar surface area (TPSA) is 26.0 Å². The van der Waals surface area contributed by atoms with Crippen molar-refractivity contribution in [2.24, 2.45) is 0 Å². The van der Waals surface area contributed by atoms with Crippen LogP contribution in [0, 0.1) is 12.7 Å². The van der Waals surface area contributed by atoms with Crippen LogP contribution in [0.1, 0.15) is 30.5 Å². The lowest BCUT2D eigenvalue weighted by atomic mass is 9.99. The first kappa shape index (κ1) is 17.5. The van der Waals surface area contributed by atoms with E-state index in [9.17, 15) is 30.7 Å². The zero-order valence-corrected chi connectivity index (χ0v) is 10.3. The van der Waals surface area contributed by atoms with Crippen molar-refractivity contribution in [3.05, 3.63) is 28.6 Å². The van der Waals surface area contributed by atoms with E-state index in [1.807, 2.05) is 13.8 Å². The minimum absolute atomic E-state index is 0.0504. The standard InChI is InChI=1S/C9H6F7N.C2H6/c1-3-6(9(14,15)16)4(8(11,12)13)2-5(17)7(3)10;1-2/h2H,17H2,1H3;1-2H3. The van der Waals surface area contributed by atoms with Crippen LogP contribution in [0.5, 0.6) is 0 Å². The smallest absolute Gasteiger partial charge is 0.396 e. The van der Waals surface area contributed by atoms with Gasteiger partial charge >= 0.3 is 12.4 Å². The zero-order valence-electron chi connectivity index (χ0n) is 10.3. The molecule has 0 bridgehead atoms. The van der Waals surface area contributed by atoms with E-state index >= 15 is 0 Å². The fraction of sp³-hybridized carbons (Fsp3) is 0.455. The van der Waals surface area contributed by atoms with Crippen LogP contribution in [0.4, 0.5) is 36.4 Å². The van der Waals surface area contributed by atoms with Gasteiger partial charge in [-0.2, -0.15) is 26.3 Å². The van der Waals surface area contributed by atoms with E-state index in [0.29, 0.717) is 6.92 Å². The first-order chi connectivity index (χ1) is 8.46. The molecule has 0 saturated carbocycles. The van der Waals surface area contributed by atoms with Gasteiger partial charge in [-0.1, -0.05) is 13.8 Å². The van der Waals surface area contributed by atoms with Crippen LogP contribution in [0.3, 0.4) is 0 Å². The van der Waals surface area contributed by atoms with Crippen LogP contribution in [-0.2, 0) is 12.4 Å². The molecule has 0 aliphatic carbocycles. The molecule has 0 aromatic heterocycles. The second kappa shape index (κ2) is 5.66. The summed E-state index contributed by atoms with van der Waals surface area (Å²) >= 11 is 0. The van der Waals surface area contributed by atoms with Gasteiger partial charge in [0, 0.05) is 0 Å². The number of hydrogen-bond donors (Lipinski definition) is 1. The highest BCUT2D eigenvalue weighted by Crippen LogP contribution is 2.43. The number of anilines is 1.